The van der Waals surface area contributed by atoms with Gasteiger partial charge in [0.2, 0.25) is 0 Å². The fourth-order valence-electron chi connectivity index (χ4n) is 2.50. The number of nitrogens with one attached hydrogen (secondary N) is 1. The molecule has 2 aromatic heterocycles. The normalized spacial score (nSPS) is 12.4. The van der Waals surface area contributed by atoms with Crippen molar-refractivity contribution in [2.24, 2.45) is 0 Å². The second kappa shape index (κ2) is 6.56. The molecule has 0 saturated carbocycles. The number of hydrogen-bond donors (Lipinski definition) is 2. The zero-order valence-corrected chi connectivity index (χ0v) is 13.1. The number of aryl methyl sites for hydroxylation is 1. The van der Waals surface area contributed by atoms with E-state index in [0.717, 1.165) is 17.7 Å². The van der Waals surface area contributed by atoms with Crippen LogP contribution in [0.5, 0.6) is 0 Å². The van der Waals surface area contributed by atoms with Gasteiger partial charge in [0.1, 0.15) is 11.3 Å². The minimum atomic E-state index is -1.61. The highest BCUT2D eigenvalue weighted by molar-refractivity contribution is 5.93. The Balaban J connectivity index is 1.91. The van der Waals surface area contributed by atoms with Gasteiger partial charge in [0.05, 0.1) is 18.8 Å². The van der Waals surface area contributed by atoms with E-state index in [4.69, 9.17) is 0 Å². The van der Waals surface area contributed by atoms with Crippen LogP contribution in [-0.4, -0.2) is 27.0 Å². The molecule has 2 N–H and O–H groups in total. The fourth-order valence-corrected chi connectivity index (χ4v) is 2.50. The van der Waals surface area contributed by atoms with Gasteiger partial charge in [-0.2, -0.15) is 0 Å². The van der Waals surface area contributed by atoms with E-state index in [1.54, 1.807) is 16.7 Å². The van der Waals surface area contributed by atoms with Gasteiger partial charge in [-0.05, 0) is 36.2 Å². The first kappa shape index (κ1) is 17.0. The summed E-state index contributed by atoms with van der Waals surface area (Å²) < 4.78 is 41.4. The Kier molecular flexibility index (Phi) is 4.45. The third-order valence-corrected chi connectivity index (χ3v) is 3.78. The van der Waals surface area contributed by atoms with Crippen molar-refractivity contribution in [2.75, 3.05) is 6.61 Å². The molecule has 0 saturated heterocycles. The molecule has 0 fully saturated rings. The predicted molar refractivity (Wildman–Crippen MR) is 83.5 cm³/mol. The Bertz CT molecular complexity index is 932. The maximum Gasteiger partial charge on any atom is 0.270 e. The van der Waals surface area contributed by atoms with Gasteiger partial charge >= 0.3 is 0 Å². The van der Waals surface area contributed by atoms with E-state index in [-0.39, 0.29) is 11.3 Å². The highest BCUT2D eigenvalue weighted by Crippen LogP contribution is 2.20. The van der Waals surface area contributed by atoms with Crippen LogP contribution in [0.1, 0.15) is 27.7 Å². The quantitative estimate of drug-likeness (QED) is 0.712. The molecule has 0 aliphatic heterocycles. The largest absolute Gasteiger partial charge is 0.394 e. The first-order valence-corrected chi connectivity index (χ1v) is 7.40. The number of fused-ring (bicyclic) bond motifs is 1. The molecule has 0 bridgehead atoms. The SMILES string of the molecule is Cc1ccc2ncc(C(=O)NC(CO)c3cc(F)c(F)c(F)c3)n2c1. The number of rotatable bonds is 4. The molecule has 0 aliphatic rings. The van der Waals surface area contributed by atoms with Crippen LogP contribution in [-0.2, 0) is 0 Å². The average Bonchev–Trinajstić information content (AvgIpc) is 3.00. The van der Waals surface area contributed by atoms with Gasteiger partial charge in [0, 0.05) is 6.20 Å². The summed E-state index contributed by atoms with van der Waals surface area (Å²) in [5.74, 6) is -4.99. The van der Waals surface area contributed by atoms with Crippen molar-refractivity contribution >= 4 is 11.6 Å². The van der Waals surface area contributed by atoms with Crippen molar-refractivity contribution in [2.45, 2.75) is 13.0 Å². The third-order valence-electron chi connectivity index (χ3n) is 3.78. The Labute approximate surface area is 140 Å². The summed E-state index contributed by atoms with van der Waals surface area (Å²) >= 11 is 0. The van der Waals surface area contributed by atoms with Crippen LogP contribution in [0, 0.1) is 24.4 Å². The molecule has 8 heteroatoms. The predicted octanol–water partition coefficient (Wildman–Crippen LogP) is 2.52. The summed E-state index contributed by atoms with van der Waals surface area (Å²) in [4.78, 5) is 16.6. The third kappa shape index (κ3) is 3.20. The number of aliphatic hydroxyl groups excluding tert-OH is 1. The minimum Gasteiger partial charge on any atom is -0.394 e. The summed E-state index contributed by atoms with van der Waals surface area (Å²) in [5.41, 5.74) is 1.56. The lowest BCUT2D eigenvalue weighted by Gasteiger charge is -2.17. The van der Waals surface area contributed by atoms with Gasteiger partial charge in [0.15, 0.2) is 17.5 Å². The number of hydrogen-bond acceptors (Lipinski definition) is 3. The van der Waals surface area contributed by atoms with Gasteiger partial charge in [-0.15, -0.1) is 0 Å². The van der Waals surface area contributed by atoms with Crippen molar-refractivity contribution in [1.29, 1.82) is 0 Å². The van der Waals surface area contributed by atoms with Gasteiger partial charge in [-0.1, -0.05) is 6.07 Å². The number of amides is 1. The number of aliphatic hydroxyl groups is 1. The summed E-state index contributed by atoms with van der Waals surface area (Å²) in [7, 11) is 0. The van der Waals surface area contributed by atoms with Gasteiger partial charge in [0.25, 0.3) is 5.91 Å². The summed E-state index contributed by atoms with van der Waals surface area (Å²) in [6, 6.07) is 3.94. The Morgan fingerprint density at radius 1 is 1.28 bits per heavy atom. The van der Waals surface area contributed by atoms with E-state index in [2.05, 4.69) is 10.3 Å². The maximum atomic E-state index is 13.4. The van der Waals surface area contributed by atoms with Crippen LogP contribution in [0.2, 0.25) is 0 Å². The lowest BCUT2D eigenvalue weighted by atomic mass is 10.1. The van der Waals surface area contributed by atoms with Crippen molar-refractivity contribution in [1.82, 2.24) is 14.7 Å². The lowest BCUT2D eigenvalue weighted by Crippen LogP contribution is -2.31. The summed E-state index contributed by atoms with van der Waals surface area (Å²) in [6.45, 7) is 1.23. The van der Waals surface area contributed by atoms with Gasteiger partial charge < -0.3 is 10.4 Å². The van der Waals surface area contributed by atoms with Crippen molar-refractivity contribution in [3.8, 4) is 0 Å². The molecule has 3 rings (SSSR count). The highest BCUT2D eigenvalue weighted by atomic mass is 19.2. The van der Waals surface area contributed by atoms with Crippen molar-refractivity contribution in [3.63, 3.8) is 0 Å². The Morgan fingerprint density at radius 3 is 2.60 bits per heavy atom. The van der Waals surface area contributed by atoms with Gasteiger partial charge in [-0.3, -0.25) is 9.20 Å². The van der Waals surface area contributed by atoms with Gasteiger partial charge in [-0.25, -0.2) is 18.2 Å². The molecule has 0 spiro atoms. The average molecular weight is 349 g/mol. The molecule has 1 atom stereocenters. The number of nitrogens with zero attached hydrogens (tertiary/aromatic N) is 2. The molecule has 25 heavy (non-hydrogen) atoms. The van der Waals surface area contributed by atoms with Crippen molar-refractivity contribution < 1.29 is 23.1 Å². The monoisotopic (exact) mass is 349 g/mol. The molecule has 1 amide bonds. The molecular weight excluding hydrogens is 335 g/mol. The Hall–Kier alpha value is -2.87. The van der Waals surface area contributed by atoms with E-state index in [1.165, 1.54) is 6.20 Å². The highest BCUT2D eigenvalue weighted by Gasteiger charge is 2.21. The van der Waals surface area contributed by atoms with Crippen LogP contribution < -0.4 is 5.32 Å². The number of carbonyl (C=O) groups is 1. The van der Waals surface area contributed by atoms with Crippen molar-refractivity contribution in [3.05, 3.63) is 70.9 Å². The molecular formula is C17H14F3N3O2. The molecule has 130 valence electrons. The first-order chi connectivity index (χ1) is 11.9. The summed E-state index contributed by atoms with van der Waals surface area (Å²) in [6.07, 6.45) is 3.06. The molecule has 3 aromatic rings. The fraction of sp³-hybridized carbons (Fsp3) is 0.176. The molecule has 2 heterocycles. The number of aromatic nitrogens is 2. The molecule has 0 radical (unpaired) electrons. The summed E-state index contributed by atoms with van der Waals surface area (Å²) in [5, 5.41) is 11.9. The zero-order valence-electron chi connectivity index (χ0n) is 13.1. The van der Waals surface area contributed by atoms with E-state index in [1.807, 2.05) is 13.0 Å². The number of imidazole rings is 1. The minimum absolute atomic E-state index is 0.0859. The molecule has 1 aromatic carbocycles. The van der Waals surface area contributed by atoms with Crippen LogP contribution in [0.4, 0.5) is 13.2 Å². The topological polar surface area (TPSA) is 66.6 Å². The first-order valence-electron chi connectivity index (χ1n) is 7.40. The second-order valence-corrected chi connectivity index (χ2v) is 5.59. The molecule has 1 unspecified atom stereocenters. The van der Waals surface area contributed by atoms with E-state index >= 15 is 0 Å². The number of halogens is 3. The standard InChI is InChI=1S/C17H14F3N3O2/c1-9-2-3-15-21-6-14(23(15)7-9)17(25)22-13(8-24)10-4-11(18)16(20)12(19)5-10/h2-7,13,24H,8H2,1H3,(H,22,25). The second-order valence-electron chi connectivity index (χ2n) is 5.59. The molecule has 0 aliphatic carbocycles. The maximum absolute atomic E-state index is 13.4. The number of benzene rings is 1. The van der Waals surface area contributed by atoms with Crippen LogP contribution in [0.3, 0.4) is 0 Å². The van der Waals surface area contributed by atoms with E-state index < -0.39 is 36.0 Å². The number of pyridine rings is 1. The number of carbonyl (C=O) groups excluding carboxylic acids is 1. The zero-order chi connectivity index (χ0) is 18.1. The Morgan fingerprint density at radius 2 is 1.96 bits per heavy atom. The van der Waals surface area contributed by atoms with E-state index in [9.17, 15) is 23.1 Å². The smallest absolute Gasteiger partial charge is 0.270 e. The van der Waals surface area contributed by atoms with Crippen LogP contribution in [0.25, 0.3) is 5.65 Å². The lowest BCUT2D eigenvalue weighted by molar-refractivity contribution is 0.0910. The van der Waals surface area contributed by atoms with Crippen LogP contribution in [0.15, 0.2) is 36.7 Å². The van der Waals surface area contributed by atoms with E-state index in [0.29, 0.717) is 5.65 Å². The molecule has 5 nitrogen and oxygen atoms in total. The van der Waals surface area contributed by atoms with Crippen LogP contribution >= 0.6 is 0 Å².